The maximum Gasteiger partial charge on any atom is 0.322 e. The van der Waals surface area contributed by atoms with Gasteiger partial charge in [-0.1, -0.05) is 12.1 Å². The van der Waals surface area contributed by atoms with Crippen LogP contribution < -0.4 is 19.7 Å². The molecule has 8 heteroatoms. The lowest BCUT2D eigenvalue weighted by atomic mass is 10.1. The summed E-state index contributed by atoms with van der Waals surface area (Å²) in [6.07, 6.45) is 0. The highest BCUT2D eigenvalue weighted by Gasteiger charge is 2.24. The van der Waals surface area contributed by atoms with Crippen LogP contribution in [0.15, 0.2) is 30.3 Å². The molecule has 1 saturated heterocycles. The number of ether oxygens (including phenoxy) is 2. The number of piperazine rings is 1. The molecule has 1 N–H and O–H groups in total. The number of para-hydroxylation sites is 2. The largest absolute Gasteiger partial charge is 0.495 e. The second kappa shape index (κ2) is 8.81. The van der Waals surface area contributed by atoms with E-state index in [0.717, 1.165) is 11.4 Å². The highest BCUT2D eigenvalue weighted by Crippen LogP contribution is 2.29. The Morgan fingerprint density at radius 1 is 1.07 bits per heavy atom. The summed E-state index contributed by atoms with van der Waals surface area (Å²) in [5.74, 6) is 0.990. The summed E-state index contributed by atoms with van der Waals surface area (Å²) in [6.45, 7) is 5.71. The Morgan fingerprint density at radius 3 is 2.38 bits per heavy atom. The molecule has 2 amide bonds. The molecule has 29 heavy (non-hydrogen) atoms. The number of nitrogens with zero attached hydrogens (tertiary/aromatic N) is 3. The van der Waals surface area contributed by atoms with Crippen molar-refractivity contribution in [3.63, 3.8) is 0 Å². The molecule has 0 saturated carbocycles. The number of Topliss-reactive ketones (excluding diaryl/α,β-unsaturated/α-hetero) is 1. The topological polar surface area (TPSA) is 84.0 Å². The minimum atomic E-state index is -0.247. The van der Waals surface area contributed by atoms with Crippen molar-refractivity contribution in [2.45, 2.75) is 13.8 Å². The third kappa shape index (κ3) is 4.42. The lowest BCUT2D eigenvalue weighted by Gasteiger charge is -2.36. The van der Waals surface area contributed by atoms with Gasteiger partial charge >= 0.3 is 6.03 Å². The average molecular weight is 398 g/mol. The molecule has 2 heterocycles. The van der Waals surface area contributed by atoms with Crippen LogP contribution in [-0.4, -0.2) is 62.1 Å². The third-order valence-corrected chi connectivity index (χ3v) is 4.99. The Hall–Kier alpha value is -3.29. The second-order valence-corrected chi connectivity index (χ2v) is 6.81. The van der Waals surface area contributed by atoms with E-state index in [2.05, 4.69) is 15.2 Å². The predicted octanol–water partition coefficient (Wildman–Crippen LogP) is 2.96. The first kappa shape index (κ1) is 20.4. The van der Waals surface area contributed by atoms with Gasteiger partial charge in [-0.2, -0.15) is 0 Å². The number of rotatable bonds is 5. The van der Waals surface area contributed by atoms with Crippen LogP contribution in [0, 0.1) is 6.92 Å². The Balaban J connectivity index is 1.69. The molecule has 0 bridgehead atoms. The van der Waals surface area contributed by atoms with Gasteiger partial charge in [0.2, 0.25) is 5.88 Å². The summed E-state index contributed by atoms with van der Waals surface area (Å²) in [7, 11) is 3.14. The van der Waals surface area contributed by atoms with Crippen LogP contribution in [0.1, 0.15) is 23.0 Å². The maximum absolute atomic E-state index is 12.8. The summed E-state index contributed by atoms with van der Waals surface area (Å²) < 4.78 is 10.7. The van der Waals surface area contributed by atoms with Crippen LogP contribution in [0.5, 0.6) is 11.6 Å². The predicted molar refractivity (Wildman–Crippen MR) is 111 cm³/mol. The van der Waals surface area contributed by atoms with Gasteiger partial charge in [-0.05, 0) is 32.0 Å². The van der Waals surface area contributed by atoms with E-state index in [0.29, 0.717) is 43.1 Å². The van der Waals surface area contributed by atoms with Crippen LogP contribution >= 0.6 is 0 Å². The molecular weight excluding hydrogens is 372 g/mol. The van der Waals surface area contributed by atoms with Crippen molar-refractivity contribution in [2.24, 2.45) is 0 Å². The normalized spacial score (nSPS) is 13.8. The van der Waals surface area contributed by atoms with Crippen LogP contribution in [0.2, 0.25) is 0 Å². The standard InChI is InChI=1S/C21H26N4O4/c1-14-16(15(2)26)13-17(20(22-14)29-4)23-21(27)25-11-9-24(10-12-25)18-7-5-6-8-19(18)28-3/h5-8,13H,9-12H2,1-4H3,(H,23,27). The molecule has 2 aromatic rings. The SMILES string of the molecule is COc1ccccc1N1CCN(C(=O)Nc2cc(C(C)=O)c(C)nc2OC)CC1. The van der Waals surface area contributed by atoms with Gasteiger partial charge in [0.05, 0.1) is 25.6 Å². The first-order valence-electron chi connectivity index (χ1n) is 9.45. The summed E-state index contributed by atoms with van der Waals surface area (Å²) in [6, 6.07) is 9.22. The molecule has 1 aromatic heterocycles. The molecule has 3 rings (SSSR count). The van der Waals surface area contributed by atoms with Gasteiger partial charge in [0.1, 0.15) is 11.4 Å². The van der Waals surface area contributed by atoms with Crippen molar-refractivity contribution in [1.82, 2.24) is 9.88 Å². The zero-order valence-corrected chi connectivity index (χ0v) is 17.2. The zero-order chi connectivity index (χ0) is 21.0. The highest BCUT2D eigenvalue weighted by molar-refractivity contribution is 5.98. The quantitative estimate of drug-likeness (QED) is 0.780. The minimum absolute atomic E-state index is 0.112. The number of aromatic nitrogens is 1. The van der Waals surface area contributed by atoms with Gasteiger partial charge in [0.15, 0.2) is 5.78 Å². The van der Waals surface area contributed by atoms with Crippen molar-refractivity contribution >= 4 is 23.2 Å². The molecule has 154 valence electrons. The lowest BCUT2D eigenvalue weighted by Crippen LogP contribution is -2.50. The molecule has 1 aliphatic heterocycles. The molecule has 1 fully saturated rings. The number of carbonyl (C=O) groups excluding carboxylic acids is 2. The Bertz CT molecular complexity index is 908. The molecule has 0 atom stereocenters. The zero-order valence-electron chi connectivity index (χ0n) is 17.2. The Kier molecular flexibility index (Phi) is 6.21. The van der Waals surface area contributed by atoms with E-state index in [1.807, 2.05) is 24.3 Å². The van der Waals surface area contributed by atoms with E-state index in [9.17, 15) is 9.59 Å². The number of pyridine rings is 1. The Morgan fingerprint density at radius 2 is 1.76 bits per heavy atom. The molecule has 1 aromatic carbocycles. The number of nitrogens with one attached hydrogen (secondary N) is 1. The molecule has 0 spiro atoms. The number of anilines is 2. The number of methoxy groups -OCH3 is 2. The molecular formula is C21H26N4O4. The van der Waals surface area contributed by atoms with Crippen molar-refractivity contribution in [2.75, 3.05) is 50.6 Å². The lowest BCUT2D eigenvalue weighted by molar-refractivity contribution is 0.101. The van der Waals surface area contributed by atoms with E-state index in [1.54, 1.807) is 25.0 Å². The molecule has 0 aliphatic carbocycles. The van der Waals surface area contributed by atoms with Gasteiger partial charge in [-0.3, -0.25) is 4.79 Å². The fourth-order valence-electron chi connectivity index (χ4n) is 3.42. The third-order valence-electron chi connectivity index (χ3n) is 4.99. The summed E-state index contributed by atoms with van der Waals surface area (Å²) in [5, 5.41) is 2.83. The average Bonchev–Trinajstić information content (AvgIpc) is 2.74. The molecule has 8 nitrogen and oxygen atoms in total. The smallest absolute Gasteiger partial charge is 0.322 e. The van der Waals surface area contributed by atoms with E-state index >= 15 is 0 Å². The molecule has 1 aliphatic rings. The summed E-state index contributed by atoms with van der Waals surface area (Å²) in [4.78, 5) is 32.8. The van der Waals surface area contributed by atoms with E-state index in [1.165, 1.54) is 14.0 Å². The number of carbonyl (C=O) groups is 2. The van der Waals surface area contributed by atoms with Crippen LogP contribution in [0.4, 0.5) is 16.2 Å². The van der Waals surface area contributed by atoms with Crippen LogP contribution in [0.25, 0.3) is 0 Å². The second-order valence-electron chi connectivity index (χ2n) is 6.81. The fraction of sp³-hybridized carbons (Fsp3) is 0.381. The minimum Gasteiger partial charge on any atom is -0.495 e. The van der Waals surface area contributed by atoms with Crippen molar-refractivity contribution in [1.29, 1.82) is 0 Å². The fourth-order valence-corrected chi connectivity index (χ4v) is 3.42. The van der Waals surface area contributed by atoms with Gasteiger partial charge in [0, 0.05) is 31.7 Å². The maximum atomic E-state index is 12.8. The van der Waals surface area contributed by atoms with E-state index in [4.69, 9.17) is 9.47 Å². The number of benzene rings is 1. The van der Waals surface area contributed by atoms with E-state index < -0.39 is 0 Å². The number of ketones is 1. The van der Waals surface area contributed by atoms with Crippen molar-refractivity contribution in [3.8, 4) is 11.6 Å². The summed E-state index contributed by atoms with van der Waals surface area (Å²) in [5.41, 5.74) is 2.44. The number of amides is 2. The van der Waals surface area contributed by atoms with Crippen molar-refractivity contribution in [3.05, 3.63) is 41.6 Å². The van der Waals surface area contributed by atoms with Gasteiger partial charge in [-0.25, -0.2) is 9.78 Å². The number of hydrogen-bond acceptors (Lipinski definition) is 6. The first-order valence-corrected chi connectivity index (χ1v) is 9.45. The van der Waals surface area contributed by atoms with Crippen molar-refractivity contribution < 1.29 is 19.1 Å². The monoisotopic (exact) mass is 398 g/mol. The number of urea groups is 1. The number of hydrogen-bond donors (Lipinski definition) is 1. The van der Waals surface area contributed by atoms with Gasteiger partial charge in [-0.15, -0.1) is 0 Å². The summed E-state index contributed by atoms with van der Waals surface area (Å²) >= 11 is 0. The molecule has 0 unspecified atom stereocenters. The van der Waals surface area contributed by atoms with Crippen LogP contribution in [0.3, 0.4) is 0 Å². The van der Waals surface area contributed by atoms with Crippen LogP contribution in [-0.2, 0) is 0 Å². The van der Waals surface area contributed by atoms with Gasteiger partial charge < -0.3 is 24.6 Å². The van der Waals surface area contributed by atoms with E-state index in [-0.39, 0.29) is 17.7 Å². The number of aryl methyl sites for hydroxylation is 1. The van der Waals surface area contributed by atoms with Gasteiger partial charge in [0.25, 0.3) is 0 Å². The first-order chi connectivity index (χ1) is 13.9. The molecule has 0 radical (unpaired) electrons. The Labute approximate surface area is 170 Å². The highest BCUT2D eigenvalue weighted by atomic mass is 16.5.